The lowest BCUT2D eigenvalue weighted by Gasteiger charge is -2.34. The van der Waals surface area contributed by atoms with Crippen LogP contribution in [0.4, 0.5) is 0 Å². The zero-order valence-electron chi connectivity index (χ0n) is 13.3. The molecule has 1 amide bonds. The fraction of sp³-hybridized carbons (Fsp3) is 0.706. The fourth-order valence-corrected chi connectivity index (χ4v) is 3.98. The van der Waals surface area contributed by atoms with Gasteiger partial charge in [-0.05, 0) is 50.2 Å². The van der Waals surface area contributed by atoms with Gasteiger partial charge in [-0.2, -0.15) is 0 Å². The number of nitrogens with one attached hydrogen (secondary N) is 1. The second-order valence-electron chi connectivity index (χ2n) is 5.89. The third kappa shape index (κ3) is 4.55. The number of amides is 1. The molecule has 2 heterocycles. The van der Waals surface area contributed by atoms with E-state index in [1.165, 1.54) is 24.1 Å². The summed E-state index contributed by atoms with van der Waals surface area (Å²) in [6.07, 6.45) is 5.75. The first-order chi connectivity index (χ1) is 10.3. The summed E-state index contributed by atoms with van der Waals surface area (Å²) in [5, 5.41) is 5.33. The molecule has 0 saturated carbocycles. The van der Waals surface area contributed by atoms with Gasteiger partial charge in [-0.3, -0.25) is 9.69 Å². The van der Waals surface area contributed by atoms with Crippen molar-refractivity contribution in [1.29, 1.82) is 0 Å². The van der Waals surface area contributed by atoms with Crippen molar-refractivity contribution in [3.63, 3.8) is 0 Å². The van der Waals surface area contributed by atoms with Crippen LogP contribution < -0.4 is 5.32 Å². The summed E-state index contributed by atoms with van der Waals surface area (Å²) in [6, 6.07) is 4.66. The summed E-state index contributed by atoms with van der Waals surface area (Å²) in [7, 11) is 0. The van der Waals surface area contributed by atoms with Crippen LogP contribution in [0.15, 0.2) is 17.5 Å². The largest absolute Gasteiger partial charge is 0.354 e. The second-order valence-corrected chi connectivity index (χ2v) is 6.87. The Balaban J connectivity index is 1.98. The van der Waals surface area contributed by atoms with Gasteiger partial charge in [-0.15, -0.1) is 11.3 Å². The van der Waals surface area contributed by atoms with Crippen molar-refractivity contribution in [1.82, 2.24) is 10.2 Å². The summed E-state index contributed by atoms with van der Waals surface area (Å²) in [5.74, 6) is 0.383. The third-order valence-corrected chi connectivity index (χ3v) is 5.50. The molecular weight excluding hydrogens is 280 g/mol. The first-order valence-corrected chi connectivity index (χ1v) is 9.19. The van der Waals surface area contributed by atoms with Crippen molar-refractivity contribution >= 4 is 17.2 Å². The monoisotopic (exact) mass is 308 g/mol. The smallest absolute Gasteiger partial charge is 0.223 e. The number of carbonyl (C=O) groups excluding carboxylic acids is 1. The van der Waals surface area contributed by atoms with E-state index >= 15 is 0 Å². The molecule has 1 aromatic heterocycles. The van der Waals surface area contributed by atoms with Gasteiger partial charge in [0.15, 0.2) is 0 Å². The molecule has 0 unspecified atom stereocenters. The minimum Gasteiger partial charge on any atom is -0.354 e. The lowest BCUT2D eigenvalue weighted by atomic mass is 10.0. The Kier molecular flexibility index (Phi) is 6.71. The van der Waals surface area contributed by atoms with Crippen LogP contribution in [0.25, 0.3) is 0 Å². The van der Waals surface area contributed by atoms with Crippen LogP contribution in [-0.2, 0) is 4.79 Å². The lowest BCUT2D eigenvalue weighted by Crippen LogP contribution is -2.41. The van der Waals surface area contributed by atoms with Crippen molar-refractivity contribution in [2.24, 2.45) is 5.92 Å². The molecule has 118 valence electrons. The fourth-order valence-electron chi connectivity index (χ4n) is 3.12. The molecular formula is C17H28N2OS. The van der Waals surface area contributed by atoms with Crippen molar-refractivity contribution < 1.29 is 4.79 Å². The Hall–Kier alpha value is -0.870. The third-order valence-electron chi connectivity index (χ3n) is 4.53. The highest BCUT2D eigenvalue weighted by molar-refractivity contribution is 7.10. The van der Waals surface area contributed by atoms with Gasteiger partial charge in [-0.25, -0.2) is 0 Å². The highest BCUT2D eigenvalue weighted by Crippen LogP contribution is 2.27. The second kappa shape index (κ2) is 8.54. The van der Waals surface area contributed by atoms with Gasteiger partial charge in [-0.1, -0.05) is 26.3 Å². The number of carbonyl (C=O) groups is 1. The summed E-state index contributed by atoms with van der Waals surface area (Å²) in [6.45, 7) is 7.24. The average molecular weight is 308 g/mol. The topological polar surface area (TPSA) is 32.3 Å². The maximum Gasteiger partial charge on any atom is 0.223 e. The Labute approximate surface area is 132 Å². The number of hydrogen-bond acceptors (Lipinski definition) is 3. The summed E-state index contributed by atoms with van der Waals surface area (Å²) < 4.78 is 0. The van der Waals surface area contributed by atoms with Gasteiger partial charge in [0.25, 0.3) is 0 Å². The predicted octanol–water partition coefficient (Wildman–Crippen LogP) is 3.83. The molecule has 3 nitrogen and oxygen atoms in total. The van der Waals surface area contributed by atoms with Crippen molar-refractivity contribution in [2.45, 2.75) is 52.0 Å². The number of hydrogen-bond donors (Lipinski definition) is 1. The number of nitrogens with zero attached hydrogens (tertiary/aromatic N) is 1. The minimum absolute atomic E-state index is 0.162. The van der Waals surface area contributed by atoms with Gasteiger partial charge in [0.2, 0.25) is 5.91 Å². The molecule has 0 aromatic carbocycles. The van der Waals surface area contributed by atoms with Gasteiger partial charge in [0, 0.05) is 17.3 Å². The highest BCUT2D eigenvalue weighted by atomic mass is 32.1. The van der Waals surface area contributed by atoms with Gasteiger partial charge >= 0.3 is 0 Å². The molecule has 4 heteroatoms. The van der Waals surface area contributed by atoms with Crippen LogP contribution in [-0.4, -0.2) is 30.4 Å². The van der Waals surface area contributed by atoms with Crippen LogP contribution in [0.2, 0.25) is 0 Å². The molecule has 1 atom stereocenters. The highest BCUT2D eigenvalue weighted by Gasteiger charge is 2.24. The lowest BCUT2D eigenvalue weighted by molar-refractivity contribution is -0.125. The van der Waals surface area contributed by atoms with E-state index in [-0.39, 0.29) is 11.8 Å². The van der Waals surface area contributed by atoms with Gasteiger partial charge in [0.1, 0.15) is 0 Å². The van der Waals surface area contributed by atoms with Crippen molar-refractivity contribution in [3.05, 3.63) is 22.4 Å². The Morgan fingerprint density at radius 2 is 2.00 bits per heavy atom. The maximum atomic E-state index is 12.2. The summed E-state index contributed by atoms with van der Waals surface area (Å²) >= 11 is 1.80. The van der Waals surface area contributed by atoms with E-state index in [0.29, 0.717) is 6.04 Å². The van der Waals surface area contributed by atoms with Gasteiger partial charge in [0.05, 0.1) is 6.04 Å². The molecule has 21 heavy (non-hydrogen) atoms. The number of thiophene rings is 1. The summed E-state index contributed by atoms with van der Waals surface area (Å²) in [5.41, 5.74) is 0. The van der Waals surface area contributed by atoms with E-state index in [9.17, 15) is 4.79 Å². The van der Waals surface area contributed by atoms with Crippen LogP contribution in [0, 0.1) is 5.92 Å². The molecule has 1 N–H and O–H groups in total. The molecule has 2 rings (SSSR count). The van der Waals surface area contributed by atoms with E-state index in [0.717, 1.165) is 32.5 Å². The van der Waals surface area contributed by atoms with Gasteiger partial charge < -0.3 is 5.32 Å². The Morgan fingerprint density at radius 3 is 2.57 bits per heavy atom. The summed E-state index contributed by atoms with van der Waals surface area (Å²) in [4.78, 5) is 16.2. The van der Waals surface area contributed by atoms with Crippen LogP contribution in [0.5, 0.6) is 0 Å². The number of rotatable bonds is 7. The van der Waals surface area contributed by atoms with Crippen LogP contribution in [0.1, 0.15) is 56.9 Å². The Bertz CT molecular complexity index is 408. The first kappa shape index (κ1) is 16.5. The quantitative estimate of drug-likeness (QED) is 0.830. The predicted molar refractivity (Wildman–Crippen MR) is 89.6 cm³/mol. The zero-order chi connectivity index (χ0) is 15.1. The average Bonchev–Trinajstić information content (AvgIpc) is 3.04. The van der Waals surface area contributed by atoms with E-state index in [4.69, 9.17) is 0 Å². The molecule has 1 aromatic rings. The molecule has 0 bridgehead atoms. The van der Waals surface area contributed by atoms with E-state index in [2.05, 4.69) is 41.6 Å². The van der Waals surface area contributed by atoms with Crippen molar-refractivity contribution in [2.75, 3.05) is 19.6 Å². The van der Waals surface area contributed by atoms with E-state index in [1.54, 1.807) is 11.3 Å². The molecule has 1 aliphatic rings. The number of piperidine rings is 1. The standard InChI is InChI=1S/C17H28N2OS/c1-3-14(4-2)17(20)18-13-15(16-9-8-12-21-16)19-10-6-5-7-11-19/h8-9,12,14-15H,3-7,10-11,13H2,1-2H3,(H,18,20)/t15-/m0/s1. The normalized spacial score (nSPS) is 17.9. The molecule has 1 aliphatic heterocycles. The zero-order valence-corrected chi connectivity index (χ0v) is 14.1. The molecule has 0 spiro atoms. The maximum absolute atomic E-state index is 12.2. The van der Waals surface area contributed by atoms with E-state index in [1.807, 2.05) is 0 Å². The number of likely N-dealkylation sites (tertiary alicyclic amines) is 1. The molecule has 0 aliphatic carbocycles. The van der Waals surface area contributed by atoms with Crippen LogP contribution in [0.3, 0.4) is 0 Å². The molecule has 1 fully saturated rings. The van der Waals surface area contributed by atoms with Crippen molar-refractivity contribution in [3.8, 4) is 0 Å². The molecule has 1 saturated heterocycles. The first-order valence-electron chi connectivity index (χ1n) is 8.31. The minimum atomic E-state index is 0.162. The van der Waals surface area contributed by atoms with E-state index < -0.39 is 0 Å². The molecule has 0 radical (unpaired) electrons. The van der Waals surface area contributed by atoms with Crippen LogP contribution >= 0.6 is 11.3 Å². The SMILES string of the molecule is CCC(CC)C(=O)NC[C@@H](c1cccs1)N1CCCCC1. The Morgan fingerprint density at radius 1 is 1.29 bits per heavy atom.